The minimum absolute atomic E-state index is 0.201. The third-order valence-electron chi connectivity index (χ3n) is 5.67. The maximum absolute atomic E-state index is 13.5. The first-order chi connectivity index (χ1) is 17.2. The molecule has 0 fully saturated rings. The molecule has 4 rings (SSSR count). The van der Waals surface area contributed by atoms with Crippen molar-refractivity contribution in [3.8, 4) is 6.07 Å². The van der Waals surface area contributed by atoms with E-state index < -0.39 is 11.7 Å². The number of alkyl halides is 3. The summed E-state index contributed by atoms with van der Waals surface area (Å²) in [5.74, 6) is 0.340. The first-order valence-electron chi connectivity index (χ1n) is 11.1. The van der Waals surface area contributed by atoms with Crippen LogP contribution in [-0.4, -0.2) is 4.98 Å². The molecule has 36 heavy (non-hydrogen) atoms. The smallest absolute Gasteiger partial charge is 0.293 e. The molecule has 0 aliphatic heterocycles. The summed E-state index contributed by atoms with van der Waals surface area (Å²) in [7, 11) is 0. The molecule has 0 N–H and O–H groups in total. The fraction of sp³-hybridized carbons (Fsp3) is 0.143. The number of rotatable bonds is 5. The summed E-state index contributed by atoms with van der Waals surface area (Å²) in [6.45, 7) is 5.62. The minimum Gasteiger partial charge on any atom is -0.293 e. The molecule has 0 aliphatic carbocycles. The molecule has 180 valence electrons. The van der Waals surface area contributed by atoms with Crippen molar-refractivity contribution in [1.29, 1.82) is 5.26 Å². The van der Waals surface area contributed by atoms with Crippen LogP contribution in [0.3, 0.4) is 0 Å². The predicted molar refractivity (Wildman–Crippen MR) is 133 cm³/mol. The van der Waals surface area contributed by atoms with Gasteiger partial charge in [-0.25, -0.2) is 4.98 Å². The zero-order valence-electron chi connectivity index (χ0n) is 19.9. The highest BCUT2D eigenvalue weighted by molar-refractivity contribution is 5.82. The van der Waals surface area contributed by atoms with Crippen LogP contribution in [-0.2, 0) is 6.18 Å². The van der Waals surface area contributed by atoms with Gasteiger partial charge < -0.3 is 0 Å². The Labute approximate surface area is 207 Å². The van der Waals surface area contributed by atoms with Gasteiger partial charge in [0.1, 0.15) is 11.8 Å². The SMILES string of the molecule is Cc1ccc(N(c2ccc(C)cc2)c2ncc(C#N)c(C)c2N=Nc2ccccc2C(F)(F)F)cc1. The van der Waals surface area contributed by atoms with Crippen molar-refractivity contribution in [1.82, 2.24) is 4.98 Å². The second-order valence-electron chi connectivity index (χ2n) is 8.30. The first-order valence-corrected chi connectivity index (χ1v) is 11.1. The molecule has 0 radical (unpaired) electrons. The molecule has 3 aromatic carbocycles. The van der Waals surface area contributed by atoms with E-state index in [4.69, 9.17) is 0 Å². The number of anilines is 3. The van der Waals surface area contributed by atoms with Crippen LogP contribution in [0.1, 0.15) is 27.8 Å². The molecule has 4 aromatic rings. The lowest BCUT2D eigenvalue weighted by Gasteiger charge is -2.26. The Morgan fingerprint density at radius 3 is 1.89 bits per heavy atom. The summed E-state index contributed by atoms with van der Waals surface area (Å²) in [6, 6.07) is 22.5. The fourth-order valence-electron chi connectivity index (χ4n) is 3.66. The van der Waals surface area contributed by atoms with E-state index in [2.05, 4.69) is 21.3 Å². The number of halogens is 3. The Morgan fingerprint density at radius 1 is 0.806 bits per heavy atom. The average Bonchev–Trinajstić information content (AvgIpc) is 2.86. The molecule has 8 heteroatoms. The quantitative estimate of drug-likeness (QED) is 0.265. The Bertz CT molecular complexity index is 1410. The summed E-state index contributed by atoms with van der Waals surface area (Å²) < 4.78 is 40.6. The minimum atomic E-state index is -4.59. The van der Waals surface area contributed by atoms with E-state index in [0.29, 0.717) is 11.4 Å². The first kappa shape index (κ1) is 24.6. The van der Waals surface area contributed by atoms with Crippen LogP contribution in [0.4, 0.5) is 41.7 Å². The van der Waals surface area contributed by atoms with Crippen LogP contribution in [0.25, 0.3) is 0 Å². The van der Waals surface area contributed by atoms with Crippen molar-refractivity contribution in [3.05, 3.63) is 107 Å². The van der Waals surface area contributed by atoms with Crippen LogP contribution >= 0.6 is 0 Å². The van der Waals surface area contributed by atoms with Gasteiger partial charge in [0.15, 0.2) is 5.82 Å². The van der Waals surface area contributed by atoms with Crippen LogP contribution in [0.2, 0.25) is 0 Å². The van der Waals surface area contributed by atoms with E-state index >= 15 is 0 Å². The van der Waals surface area contributed by atoms with Gasteiger partial charge in [-0.3, -0.25) is 4.90 Å². The molecular formula is C28H22F3N5. The van der Waals surface area contributed by atoms with Crippen molar-refractivity contribution in [3.63, 3.8) is 0 Å². The molecule has 0 aliphatic rings. The lowest BCUT2D eigenvalue weighted by atomic mass is 10.1. The van der Waals surface area contributed by atoms with Gasteiger partial charge in [-0.2, -0.15) is 18.4 Å². The van der Waals surface area contributed by atoms with Crippen molar-refractivity contribution < 1.29 is 13.2 Å². The number of aromatic nitrogens is 1. The number of pyridine rings is 1. The maximum Gasteiger partial charge on any atom is 0.418 e. The largest absolute Gasteiger partial charge is 0.418 e. The zero-order valence-corrected chi connectivity index (χ0v) is 19.9. The molecular weight excluding hydrogens is 463 g/mol. The van der Waals surface area contributed by atoms with E-state index in [1.807, 2.05) is 67.3 Å². The molecule has 0 bridgehead atoms. The second-order valence-corrected chi connectivity index (χ2v) is 8.30. The van der Waals surface area contributed by atoms with Crippen molar-refractivity contribution in [2.75, 3.05) is 4.90 Å². The van der Waals surface area contributed by atoms with E-state index in [1.165, 1.54) is 24.4 Å². The molecule has 0 saturated heterocycles. The van der Waals surface area contributed by atoms with Gasteiger partial charge in [0.2, 0.25) is 0 Å². The number of aryl methyl sites for hydroxylation is 2. The number of hydrogen-bond donors (Lipinski definition) is 0. The normalized spacial score (nSPS) is 11.5. The Kier molecular flexibility index (Phi) is 6.84. The van der Waals surface area contributed by atoms with Gasteiger partial charge in [0, 0.05) is 17.6 Å². The Balaban J connectivity index is 1.94. The van der Waals surface area contributed by atoms with Gasteiger partial charge in [0.25, 0.3) is 0 Å². The predicted octanol–water partition coefficient (Wildman–Crippen LogP) is 8.78. The lowest BCUT2D eigenvalue weighted by molar-refractivity contribution is -0.137. The monoisotopic (exact) mass is 485 g/mol. The third kappa shape index (κ3) is 5.10. The number of nitrogens with zero attached hydrogens (tertiary/aromatic N) is 5. The molecule has 0 spiro atoms. The van der Waals surface area contributed by atoms with Crippen LogP contribution in [0.15, 0.2) is 89.2 Å². The highest BCUT2D eigenvalue weighted by atomic mass is 19.4. The van der Waals surface area contributed by atoms with Crippen molar-refractivity contribution >= 4 is 28.6 Å². The second kappa shape index (κ2) is 10.0. The molecule has 0 saturated carbocycles. The molecule has 1 aromatic heterocycles. The van der Waals surface area contributed by atoms with E-state index in [9.17, 15) is 18.4 Å². The number of azo groups is 1. The third-order valence-corrected chi connectivity index (χ3v) is 5.67. The Morgan fingerprint density at radius 2 is 1.36 bits per heavy atom. The molecule has 0 unspecified atom stereocenters. The topological polar surface area (TPSA) is 64.6 Å². The van der Waals surface area contributed by atoms with Gasteiger partial charge in [-0.15, -0.1) is 10.2 Å². The van der Waals surface area contributed by atoms with Crippen LogP contribution < -0.4 is 4.90 Å². The van der Waals surface area contributed by atoms with Gasteiger partial charge >= 0.3 is 6.18 Å². The molecule has 0 amide bonds. The lowest BCUT2D eigenvalue weighted by Crippen LogP contribution is -2.12. The summed E-state index contributed by atoms with van der Waals surface area (Å²) in [6.07, 6.45) is -3.15. The highest BCUT2D eigenvalue weighted by Gasteiger charge is 2.33. The standard InChI is InChI=1S/C28H22F3N5/c1-18-8-12-22(13-9-18)36(23-14-10-19(2)11-15-23)27-26(20(3)21(16-32)17-33-27)35-34-25-7-5-4-6-24(25)28(29,30)31/h4-15,17H,1-3H3. The van der Waals surface area contributed by atoms with Gasteiger partial charge in [-0.1, -0.05) is 47.5 Å². The van der Waals surface area contributed by atoms with Gasteiger partial charge in [-0.05, 0) is 62.7 Å². The van der Waals surface area contributed by atoms with E-state index in [1.54, 1.807) is 6.92 Å². The summed E-state index contributed by atoms with van der Waals surface area (Å²) in [5, 5.41) is 17.8. The van der Waals surface area contributed by atoms with E-state index in [0.717, 1.165) is 28.6 Å². The summed E-state index contributed by atoms with van der Waals surface area (Å²) >= 11 is 0. The summed E-state index contributed by atoms with van der Waals surface area (Å²) in [4.78, 5) is 6.36. The van der Waals surface area contributed by atoms with E-state index in [-0.39, 0.29) is 16.9 Å². The summed E-state index contributed by atoms with van der Waals surface area (Å²) in [5.41, 5.74) is 3.37. The number of nitriles is 1. The zero-order chi connectivity index (χ0) is 25.9. The van der Waals surface area contributed by atoms with Crippen LogP contribution in [0.5, 0.6) is 0 Å². The molecule has 1 heterocycles. The fourth-order valence-corrected chi connectivity index (χ4v) is 3.66. The van der Waals surface area contributed by atoms with Crippen molar-refractivity contribution in [2.45, 2.75) is 26.9 Å². The average molecular weight is 486 g/mol. The molecule has 0 atom stereocenters. The maximum atomic E-state index is 13.5. The Hall–Kier alpha value is -4.51. The number of benzene rings is 3. The van der Waals surface area contributed by atoms with Gasteiger partial charge in [0.05, 0.1) is 16.8 Å². The van der Waals surface area contributed by atoms with Crippen LogP contribution in [0, 0.1) is 32.1 Å². The van der Waals surface area contributed by atoms with Crippen molar-refractivity contribution in [2.24, 2.45) is 10.2 Å². The number of hydrogen-bond acceptors (Lipinski definition) is 5. The highest BCUT2D eigenvalue weighted by Crippen LogP contribution is 2.43. The molecule has 5 nitrogen and oxygen atoms in total.